The number of likely N-dealkylation sites (N-methyl/N-ethyl adjacent to an activating group) is 1. The molecule has 0 radical (unpaired) electrons. The highest BCUT2D eigenvalue weighted by molar-refractivity contribution is 5.31. The van der Waals surface area contributed by atoms with E-state index in [0.29, 0.717) is 11.8 Å². The first kappa shape index (κ1) is 14.3. The summed E-state index contributed by atoms with van der Waals surface area (Å²) < 4.78 is 18.8. The number of nitrogens with zero attached hydrogens (tertiary/aromatic N) is 1. The topological polar surface area (TPSA) is 24.5 Å². The maximum absolute atomic E-state index is 13.8. The number of hydrogen-bond acceptors (Lipinski definition) is 3. The van der Waals surface area contributed by atoms with Gasteiger partial charge in [-0.15, -0.1) is 0 Å². The molecular weight excluding hydrogens is 243 g/mol. The third kappa shape index (κ3) is 3.07. The first-order valence-corrected chi connectivity index (χ1v) is 6.97. The Morgan fingerprint density at radius 2 is 2.32 bits per heavy atom. The lowest BCUT2D eigenvalue weighted by Gasteiger charge is -2.33. The van der Waals surface area contributed by atoms with Crippen molar-refractivity contribution < 1.29 is 9.13 Å². The van der Waals surface area contributed by atoms with Crippen molar-refractivity contribution in [1.82, 2.24) is 10.2 Å². The zero-order valence-electron chi connectivity index (χ0n) is 11.9. The van der Waals surface area contributed by atoms with Crippen molar-refractivity contribution in [3.63, 3.8) is 0 Å². The summed E-state index contributed by atoms with van der Waals surface area (Å²) in [5.74, 6) is 0.0222. The van der Waals surface area contributed by atoms with E-state index < -0.39 is 0 Å². The highest BCUT2D eigenvalue weighted by Crippen LogP contribution is 2.27. The minimum Gasteiger partial charge on any atom is -0.494 e. The molecule has 2 atom stereocenters. The normalized spacial score (nSPS) is 20.8. The van der Waals surface area contributed by atoms with Gasteiger partial charge in [0.15, 0.2) is 11.6 Å². The number of ether oxygens (including phenoxy) is 1. The van der Waals surface area contributed by atoms with E-state index in [-0.39, 0.29) is 11.9 Å². The fourth-order valence-corrected chi connectivity index (χ4v) is 2.90. The number of halogens is 1. The lowest BCUT2D eigenvalue weighted by atomic mass is 10.0. The van der Waals surface area contributed by atoms with Crippen LogP contribution in [0.3, 0.4) is 0 Å². The van der Waals surface area contributed by atoms with Gasteiger partial charge in [0.1, 0.15) is 0 Å². The second kappa shape index (κ2) is 6.35. The van der Waals surface area contributed by atoms with Crippen molar-refractivity contribution in [2.45, 2.75) is 32.4 Å². The maximum atomic E-state index is 13.8. The van der Waals surface area contributed by atoms with E-state index in [1.165, 1.54) is 7.11 Å². The molecule has 3 nitrogen and oxygen atoms in total. The van der Waals surface area contributed by atoms with Crippen molar-refractivity contribution in [3.05, 3.63) is 29.6 Å². The quantitative estimate of drug-likeness (QED) is 0.886. The Bertz CT molecular complexity index is 419. The summed E-state index contributed by atoms with van der Waals surface area (Å²) in [4.78, 5) is 2.43. The van der Waals surface area contributed by atoms with E-state index >= 15 is 0 Å². The minimum atomic E-state index is -0.285. The monoisotopic (exact) mass is 266 g/mol. The van der Waals surface area contributed by atoms with Gasteiger partial charge >= 0.3 is 0 Å². The first-order valence-electron chi connectivity index (χ1n) is 6.97. The molecule has 1 N–H and O–H groups in total. The summed E-state index contributed by atoms with van der Waals surface area (Å²) in [6.07, 6.45) is 1.16. The predicted octanol–water partition coefficient (Wildman–Crippen LogP) is 2.58. The van der Waals surface area contributed by atoms with E-state index in [0.717, 1.165) is 31.6 Å². The average Bonchev–Trinajstić information content (AvgIpc) is 2.93. The molecular formula is C15H23FN2O. The highest BCUT2D eigenvalue weighted by atomic mass is 19.1. The molecule has 1 aliphatic heterocycles. The van der Waals surface area contributed by atoms with Crippen LogP contribution in [-0.2, 0) is 0 Å². The van der Waals surface area contributed by atoms with Crippen molar-refractivity contribution in [2.75, 3.05) is 26.7 Å². The van der Waals surface area contributed by atoms with Gasteiger partial charge < -0.3 is 10.1 Å². The molecule has 1 fully saturated rings. The Morgan fingerprint density at radius 3 is 2.84 bits per heavy atom. The zero-order valence-corrected chi connectivity index (χ0v) is 11.9. The smallest absolute Gasteiger partial charge is 0.165 e. The molecule has 0 aliphatic carbocycles. The predicted molar refractivity (Wildman–Crippen MR) is 75.0 cm³/mol. The Balaban J connectivity index is 2.16. The molecule has 0 spiro atoms. The number of nitrogens with one attached hydrogen (secondary N) is 1. The third-order valence-electron chi connectivity index (χ3n) is 4.02. The second-order valence-corrected chi connectivity index (χ2v) is 5.05. The van der Waals surface area contributed by atoms with Gasteiger partial charge in [-0.1, -0.05) is 13.0 Å². The van der Waals surface area contributed by atoms with Crippen molar-refractivity contribution in [3.8, 4) is 5.75 Å². The molecule has 19 heavy (non-hydrogen) atoms. The summed E-state index contributed by atoms with van der Waals surface area (Å²) in [6, 6.07) is 6.02. The lowest BCUT2D eigenvalue weighted by molar-refractivity contribution is 0.162. The summed E-state index contributed by atoms with van der Waals surface area (Å²) >= 11 is 0. The molecule has 0 amide bonds. The van der Waals surface area contributed by atoms with Crippen molar-refractivity contribution in [1.29, 1.82) is 0 Å². The minimum absolute atomic E-state index is 0.218. The molecule has 106 valence electrons. The molecule has 1 aromatic carbocycles. The molecule has 1 saturated heterocycles. The van der Waals surface area contributed by atoms with Crippen LogP contribution in [0, 0.1) is 5.82 Å². The molecule has 2 rings (SSSR count). The summed E-state index contributed by atoms with van der Waals surface area (Å²) in [5, 5.41) is 3.39. The molecule has 1 aliphatic rings. The van der Waals surface area contributed by atoms with Gasteiger partial charge in [0, 0.05) is 18.6 Å². The molecule has 0 saturated carbocycles. The Kier molecular flexibility index (Phi) is 4.77. The summed E-state index contributed by atoms with van der Waals surface area (Å²) in [6.45, 7) is 7.38. The van der Waals surface area contributed by atoms with Crippen LogP contribution in [0.2, 0.25) is 0 Å². The summed E-state index contributed by atoms with van der Waals surface area (Å²) in [7, 11) is 1.49. The first-order chi connectivity index (χ1) is 9.17. The lowest BCUT2D eigenvalue weighted by Crippen LogP contribution is -2.38. The van der Waals surface area contributed by atoms with Gasteiger partial charge in [-0.3, -0.25) is 4.90 Å². The van der Waals surface area contributed by atoms with Gasteiger partial charge in [-0.05, 0) is 44.1 Å². The van der Waals surface area contributed by atoms with Gasteiger partial charge in [0.25, 0.3) is 0 Å². The Morgan fingerprint density at radius 1 is 1.53 bits per heavy atom. The summed E-state index contributed by atoms with van der Waals surface area (Å²) in [5.41, 5.74) is 1.01. The van der Waals surface area contributed by atoms with E-state index in [1.807, 2.05) is 6.07 Å². The fourth-order valence-electron chi connectivity index (χ4n) is 2.90. The second-order valence-electron chi connectivity index (χ2n) is 5.05. The molecule has 0 aromatic heterocycles. The standard InChI is InChI=1S/C15H23FN2O/c1-4-18(13-7-8-17-10-13)11(2)12-5-6-15(19-3)14(16)9-12/h5-6,9,11,13,17H,4,7-8,10H2,1-3H3. The Hall–Kier alpha value is -1.13. The van der Waals surface area contributed by atoms with Crippen LogP contribution in [-0.4, -0.2) is 37.7 Å². The maximum Gasteiger partial charge on any atom is 0.165 e. The van der Waals surface area contributed by atoms with Gasteiger partial charge in [0.2, 0.25) is 0 Å². The number of hydrogen-bond donors (Lipinski definition) is 1. The van der Waals surface area contributed by atoms with Crippen molar-refractivity contribution in [2.24, 2.45) is 0 Å². The van der Waals surface area contributed by atoms with Gasteiger partial charge in [-0.2, -0.15) is 0 Å². The number of methoxy groups -OCH3 is 1. The van der Waals surface area contributed by atoms with E-state index in [2.05, 4.69) is 24.1 Å². The molecule has 0 bridgehead atoms. The van der Waals surface area contributed by atoms with Crippen LogP contribution in [0.4, 0.5) is 4.39 Å². The SMILES string of the molecule is CCN(C1CCNC1)C(C)c1ccc(OC)c(F)c1. The number of rotatable bonds is 5. The zero-order chi connectivity index (χ0) is 13.8. The van der Waals surface area contributed by atoms with E-state index in [9.17, 15) is 4.39 Å². The van der Waals surface area contributed by atoms with Crippen LogP contribution >= 0.6 is 0 Å². The van der Waals surface area contributed by atoms with Crippen LogP contribution < -0.4 is 10.1 Å². The van der Waals surface area contributed by atoms with Crippen molar-refractivity contribution >= 4 is 0 Å². The highest BCUT2D eigenvalue weighted by Gasteiger charge is 2.26. The van der Waals surface area contributed by atoms with Crippen LogP contribution in [0.25, 0.3) is 0 Å². The van der Waals surface area contributed by atoms with Gasteiger partial charge in [-0.25, -0.2) is 4.39 Å². The van der Waals surface area contributed by atoms with E-state index in [1.54, 1.807) is 12.1 Å². The average molecular weight is 266 g/mol. The molecule has 1 heterocycles. The molecule has 2 unspecified atom stereocenters. The molecule has 4 heteroatoms. The fraction of sp³-hybridized carbons (Fsp3) is 0.600. The van der Waals surface area contributed by atoms with Crippen LogP contribution in [0.1, 0.15) is 31.9 Å². The third-order valence-corrected chi connectivity index (χ3v) is 4.02. The van der Waals surface area contributed by atoms with Crippen LogP contribution in [0.15, 0.2) is 18.2 Å². The largest absolute Gasteiger partial charge is 0.494 e. The van der Waals surface area contributed by atoms with Crippen LogP contribution in [0.5, 0.6) is 5.75 Å². The number of benzene rings is 1. The Labute approximate surface area is 114 Å². The van der Waals surface area contributed by atoms with E-state index in [4.69, 9.17) is 4.74 Å². The van der Waals surface area contributed by atoms with Gasteiger partial charge in [0.05, 0.1) is 7.11 Å². The molecule has 1 aromatic rings.